The zero-order valence-corrected chi connectivity index (χ0v) is 27.0. The van der Waals surface area contributed by atoms with Crippen molar-refractivity contribution in [1.29, 1.82) is 0 Å². The molecule has 0 unspecified atom stereocenters. The Hall–Kier alpha value is -4.80. The molecule has 3 aromatic carbocycles. The molecule has 1 N–H and O–H groups in total. The van der Waals surface area contributed by atoms with Crippen LogP contribution in [0.3, 0.4) is 0 Å². The summed E-state index contributed by atoms with van der Waals surface area (Å²) in [6, 6.07) is 21.2. The summed E-state index contributed by atoms with van der Waals surface area (Å²) >= 11 is 0. The highest BCUT2D eigenvalue weighted by Gasteiger charge is 2.73. The minimum atomic E-state index is -1.43. The Labute approximate surface area is 279 Å². The number of likely N-dealkylation sites (N-methyl/N-ethyl adjacent to an activating group) is 1. The van der Waals surface area contributed by atoms with Crippen molar-refractivity contribution in [2.45, 2.75) is 49.7 Å². The van der Waals surface area contributed by atoms with Crippen molar-refractivity contribution in [1.82, 2.24) is 9.80 Å². The van der Waals surface area contributed by atoms with Crippen LogP contribution in [0.15, 0.2) is 97.1 Å². The number of aliphatic hydroxyl groups excluding tert-OH is 1. The minimum absolute atomic E-state index is 0.102. The summed E-state index contributed by atoms with van der Waals surface area (Å²) in [5, 5.41) is 12.0. The Balaban J connectivity index is 1.33. The van der Waals surface area contributed by atoms with E-state index >= 15 is 0 Å². The van der Waals surface area contributed by atoms with Crippen LogP contribution < -0.4 is 4.90 Å². The number of benzene rings is 3. The molecule has 0 saturated carbocycles. The van der Waals surface area contributed by atoms with Gasteiger partial charge in [-0.2, -0.15) is 0 Å². The third kappa shape index (κ3) is 5.20. The first-order chi connectivity index (χ1) is 23.2. The van der Waals surface area contributed by atoms with E-state index in [0.29, 0.717) is 17.7 Å². The number of allylic oxidation sites excluding steroid dienone is 1. The summed E-state index contributed by atoms with van der Waals surface area (Å²) in [7, 11) is 1.70. The van der Waals surface area contributed by atoms with Crippen LogP contribution in [0.4, 0.5) is 5.69 Å². The lowest BCUT2D eigenvalue weighted by Crippen LogP contribution is -2.56. The van der Waals surface area contributed by atoms with Crippen LogP contribution in [0.2, 0.25) is 0 Å². The number of fused-ring (bicyclic) bond motifs is 3. The lowest BCUT2D eigenvalue weighted by atomic mass is 9.74. The molecule has 3 amide bonds. The van der Waals surface area contributed by atoms with E-state index in [4.69, 9.17) is 9.47 Å². The molecule has 4 heterocycles. The van der Waals surface area contributed by atoms with Crippen LogP contribution in [0, 0.1) is 11.8 Å². The number of cyclic esters (lactones) is 1. The highest BCUT2D eigenvalue weighted by molar-refractivity contribution is 6.06. The van der Waals surface area contributed by atoms with Gasteiger partial charge in [-0.15, -0.1) is 0 Å². The van der Waals surface area contributed by atoms with Gasteiger partial charge in [0.15, 0.2) is 0 Å². The van der Waals surface area contributed by atoms with Gasteiger partial charge in [0.25, 0.3) is 5.91 Å². The molecule has 2 saturated heterocycles. The number of rotatable bonds is 4. The van der Waals surface area contributed by atoms with Crippen molar-refractivity contribution in [2.75, 3.05) is 31.6 Å². The number of hydrogen-bond donors (Lipinski definition) is 1. The third-order valence-electron chi connectivity index (χ3n) is 10.3. The van der Waals surface area contributed by atoms with E-state index < -0.39 is 59.5 Å². The molecular formula is C38H39N3O7. The van der Waals surface area contributed by atoms with Gasteiger partial charge < -0.3 is 29.3 Å². The van der Waals surface area contributed by atoms with Crippen LogP contribution in [0.25, 0.3) is 10.8 Å². The van der Waals surface area contributed by atoms with Gasteiger partial charge in [-0.25, -0.2) is 0 Å². The molecule has 7 rings (SSSR count). The van der Waals surface area contributed by atoms with E-state index in [0.717, 1.165) is 10.8 Å². The highest BCUT2D eigenvalue weighted by atomic mass is 16.6. The molecule has 0 radical (unpaired) electrons. The quantitative estimate of drug-likeness (QED) is 0.338. The molecule has 1 spiro atoms. The van der Waals surface area contributed by atoms with Gasteiger partial charge >= 0.3 is 5.97 Å². The average molecular weight is 650 g/mol. The maximum Gasteiger partial charge on any atom is 0.313 e. The van der Waals surface area contributed by atoms with Gasteiger partial charge in [0.05, 0.1) is 24.7 Å². The number of carbonyl (C=O) groups excluding carboxylic acids is 4. The molecule has 7 atom stereocenters. The number of hydrogen-bond acceptors (Lipinski definition) is 7. The summed E-state index contributed by atoms with van der Waals surface area (Å²) < 4.78 is 12.8. The van der Waals surface area contributed by atoms with Crippen molar-refractivity contribution in [3.63, 3.8) is 0 Å². The largest absolute Gasteiger partial charge is 0.455 e. The number of esters is 1. The number of amides is 3. The van der Waals surface area contributed by atoms with Gasteiger partial charge in [0.1, 0.15) is 23.7 Å². The molecular weight excluding hydrogens is 610 g/mol. The lowest BCUT2D eigenvalue weighted by molar-refractivity contribution is -0.164. The van der Waals surface area contributed by atoms with E-state index in [1.807, 2.05) is 91.9 Å². The molecule has 0 aromatic heterocycles. The van der Waals surface area contributed by atoms with Gasteiger partial charge in [-0.1, -0.05) is 85.0 Å². The molecule has 10 heteroatoms. The van der Waals surface area contributed by atoms with E-state index in [-0.39, 0.29) is 32.0 Å². The van der Waals surface area contributed by atoms with Crippen LogP contribution in [-0.4, -0.2) is 89.1 Å². The summed E-state index contributed by atoms with van der Waals surface area (Å²) in [5.74, 6) is -3.64. The molecule has 4 aliphatic rings. The second-order valence-corrected chi connectivity index (χ2v) is 13.0. The monoisotopic (exact) mass is 649 g/mol. The van der Waals surface area contributed by atoms with Crippen LogP contribution in [-0.2, 0) is 28.7 Å². The zero-order valence-electron chi connectivity index (χ0n) is 27.0. The van der Waals surface area contributed by atoms with Crippen molar-refractivity contribution in [3.05, 3.63) is 103 Å². The smallest absolute Gasteiger partial charge is 0.313 e. The number of likely N-dealkylation sites (tertiary alicyclic amines) is 1. The van der Waals surface area contributed by atoms with Crippen molar-refractivity contribution in [3.8, 4) is 0 Å². The topological polar surface area (TPSA) is 117 Å². The van der Waals surface area contributed by atoms with Crippen LogP contribution in [0.5, 0.6) is 0 Å². The number of ether oxygens (including phenoxy) is 2. The average Bonchev–Trinajstić information content (AvgIpc) is 3.75. The molecule has 2 fully saturated rings. The van der Waals surface area contributed by atoms with Crippen molar-refractivity contribution >= 4 is 40.2 Å². The number of aliphatic hydroxyl groups is 1. The van der Waals surface area contributed by atoms with E-state index in [2.05, 4.69) is 0 Å². The van der Waals surface area contributed by atoms with Crippen LogP contribution >= 0.6 is 0 Å². The van der Waals surface area contributed by atoms with Gasteiger partial charge in [-0.3, -0.25) is 19.2 Å². The second-order valence-electron chi connectivity index (χ2n) is 13.0. The predicted molar refractivity (Wildman–Crippen MR) is 178 cm³/mol. The number of carbonyl (C=O) groups is 4. The first-order valence-corrected chi connectivity index (χ1v) is 16.5. The maximum absolute atomic E-state index is 14.9. The molecule has 0 aliphatic carbocycles. The van der Waals surface area contributed by atoms with Gasteiger partial charge in [-0.05, 0) is 41.8 Å². The van der Waals surface area contributed by atoms with Crippen molar-refractivity contribution in [2.24, 2.45) is 11.8 Å². The molecule has 3 aromatic rings. The van der Waals surface area contributed by atoms with Crippen molar-refractivity contribution < 1.29 is 33.8 Å². The minimum Gasteiger partial charge on any atom is -0.455 e. The summed E-state index contributed by atoms with van der Waals surface area (Å²) in [5.41, 5.74) is -0.0883. The molecule has 248 valence electrons. The summed E-state index contributed by atoms with van der Waals surface area (Å²) in [6.07, 6.45) is 6.29. The zero-order chi connectivity index (χ0) is 33.6. The standard InChI is InChI=1S/C38H39N3O7/c1-24-33(26-12-5-3-6-13-26)47-37(46)31-29-18-19-38(48-29)32(31)35(44)41(21-22-42)34(38)36(45)40(20-10-4-7-15-30(43)39(24)2)28-17-16-25-11-8-9-14-27(25)23-28/h3-6,8-14,16-19,23-24,29,31-34,42H,7,15,20-22H2,1-2H3/b10-4-/t24-,29+,31-,32-,33+,34+,38-/m1/s1. The number of β-amino-alcohol motifs (C(OH)–C–C–N with tert-alkyl or cyclic N) is 1. The normalized spacial score (nSPS) is 31.4. The Kier molecular flexibility index (Phi) is 8.39. The fourth-order valence-corrected chi connectivity index (χ4v) is 7.78. The molecule has 10 nitrogen and oxygen atoms in total. The maximum atomic E-state index is 14.9. The van der Waals surface area contributed by atoms with E-state index in [9.17, 15) is 24.3 Å². The fourth-order valence-electron chi connectivity index (χ4n) is 7.78. The second kappa shape index (κ2) is 12.7. The Morgan fingerprint density at radius 3 is 2.44 bits per heavy atom. The summed E-state index contributed by atoms with van der Waals surface area (Å²) in [4.78, 5) is 61.3. The number of nitrogens with zero attached hydrogens (tertiary/aromatic N) is 3. The third-order valence-corrected chi connectivity index (χ3v) is 10.3. The first-order valence-electron chi connectivity index (χ1n) is 16.5. The Bertz CT molecular complexity index is 1810. The van der Waals surface area contributed by atoms with Gasteiger partial charge in [0, 0.05) is 32.2 Å². The molecule has 48 heavy (non-hydrogen) atoms. The van der Waals surface area contributed by atoms with Crippen LogP contribution in [0.1, 0.15) is 31.4 Å². The summed E-state index contributed by atoms with van der Waals surface area (Å²) in [6.45, 7) is 1.54. The fraction of sp³-hybridized carbons (Fsp3) is 0.368. The SMILES string of the molecule is C[C@@H]1[C@@H](c2ccccc2)OC(=O)[C@@H]2[C@@H]3C=C[C@]4(O3)[C@H](C(=O)N(c3ccc5ccccc5c3)C/C=C\CCC(=O)N1C)N(CCO)C(=O)[C@@H]24. The Morgan fingerprint density at radius 1 is 0.917 bits per heavy atom. The molecule has 5 bridgehead atoms. The first kappa shape index (κ1) is 31.8. The number of anilines is 1. The molecule has 4 aliphatic heterocycles. The highest BCUT2D eigenvalue weighted by Crippen LogP contribution is 2.56. The van der Waals surface area contributed by atoms with E-state index in [1.54, 1.807) is 29.0 Å². The van der Waals surface area contributed by atoms with Gasteiger partial charge in [0.2, 0.25) is 11.8 Å². The predicted octanol–water partition coefficient (Wildman–Crippen LogP) is 3.80. The van der Waals surface area contributed by atoms with E-state index in [1.165, 1.54) is 4.90 Å². The lowest BCUT2D eigenvalue weighted by Gasteiger charge is -2.35. The Morgan fingerprint density at radius 2 is 1.67 bits per heavy atom.